The molecule has 1 aromatic rings. The maximum Gasteiger partial charge on any atom is 0.294 e. The fourth-order valence-corrected chi connectivity index (χ4v) is 2.31. The molecule has 3 nitrogen and oxygen atoms in total. The Balaban J connectivity index is 2.26. The number of aromatic amines is 1. The molecule has 0 spiro atoms. The molecule has 1 N–H and O–H groups in total. The first kappa shape index (κ1) is 9.56. The molecule has 1 aliphatic carbocycles. The lowest BCUT2D eigenvalue weighted by atomic mass is 9.84. The molecule has 0 fully saturated rings. The van der Waals surface area contributed by atoms with Gasteiger partial charge in [-0.25, -0.2) is 0 Å². The number of nitrogens with one attached hydrogen (secondary N) is 1. The third kappa shape index (κ3) is 1.63. The predicted octanol–water partition coefficient (Wildman–Crippen LogP) is 2.49. The minimum atomic E-state index is 0.569. The van der Waals surface area contributed by atoms with Gasteiger partial charge in [-0.15, -0.1) is 0 Å². The van der Waals surface area contributed by atoms with Crippen molar-refractivity contribution in [3.8, 4) is 6.01 Å². The van der Waals surface area contributed by atoms with Crippen LogP contribution >= 0.6 is 0 Å². The van der Waals surface area contributed by atoms with Crippen molar-refractivity contribution in [2.75, 3.05) is 6.61 Å². The standard InChI is InChI=1S/C11H18N2O/c1-4-14-11-12-9-6-7(2)5-8(3)10(9)13-11/h7-8H,4-6H2,1-3H3,(H,12,13). The molecule has 0 radical (unpaired) electrons. The van der Waals surface area contributed by atoms with E-state index in [2.05, 4.69) is 23.8 Å². The molecule has 14 heavy (non-hydrogen) atoms. The van der Waals surface area contributed by atoms with Crippen LogP contribution in [-0.4, -0.2) is 16.6 Å². The quantitative estimate of drug-likeness (QED) is 0.785. The zero-order valence-electron chi connectivity index (χ0n) is 9.13. The summed E-state index contributed by atoms with van der Waals surface area (Å²) >= 11 is 0. The molecule has 2 rings (SSSR count). The molecular formula is C11H18N2O. The fourth-order valence-electron chi connectivity index (χ4n) is 2.31. The molecule has 1 aromatic heterocycles. The monoisotopic (exact) mass is 194 g/mol. The zero-order chi connectivity index (χ0) is 10.1. The molecule has 0 bridgehead atoms. The van der Waals surface area contributed by atoms with E-state index in [9.17, 15) is 0 Å². The Bertz CT molecular complexity index is 319. The highest BCUT2D eigenvalue weighted by Gasteiger charge is 2.25. The van der Waals surface area contributed by atoms with E-state index in [0.29, 0.717) is 18.5 Å². The maximum absolute atomic E-state index is 5.38. The second-order valence-corrected chi connectivity index (χ2v) is 4.28. The van der Waals surface area contributed by atoms with E-state index in [1.54, 1.807) is 0 Å². The largest absolute Gasteiger partial charge is 0.465 e. The average Bonchev–Trinajstić information content (AvgIpc) is 2.48. The topological polar surface area (TPSA) is 37.9 Å². The first-order chi connectivity index (χ1) is 6.70. The molecule has 2 atom stereocenters. The van der Waals surface area contributed by atoms with Crippen molar-refractivity contribution in [2.45, 2.75) is 39.5 Å². The Kier molecular flexibility index (Phi) is 2.48. The van der Waals surface area contributed by atoms with Crippen molar-refractivity contribution in [1.82, 2.24) is 9.97 Å². The van der Waals surface area contributed by atoms with Gasteiger partial charge in [-0.2, -0.15) is 4.98 Å². The molecule has 0 aliphatic heterocycles. The Morgan fingerprint density at radius 1 is 1.50 bits per heavy atom. The molecule has 0 amide bonds. The van der Waals surface area contributed by atoms with Gasteiger partial charge in [-0.05, 0) is 25.7 Å². The third-order valence-corrected chi connectivity index (χ3v) is 2.85. The molecule has 0 aromatic carbocycles. The molecule has 1 heterocycles. The van der Waals surface area contributed by atoms with Crippen molar-refractivity contribution in [2.24, 2.45) is 5.92 Å². The summed E-state index contributed by atoms with van der Waals surface area (Å²) in [5.74, 6) is 1.33. The highest BCUT2D eigenvalue weighted by molar-refractivity contribution is 5.24. The summed E-state index contributed by atoms with van der Waals surface area (Å²) in [5, 5.41) is 0. The Morgan fingerprint density at radius 2 is 2.29 bits per heavy atom. The Hall–Kier alpha value is -0.990. The lowest BCUT2D eigenvalue weighted by Gasteiger charge is -2.22. The van der Waals surface area contributed by atoms with Crippen molar-refractivity contribution in [3.63, 3.8) is 0 Å². The van der Waals surface area contributed by atoms with E-state index in [-0.39, 0.29) is 0 Å². The maximum atomic E-state index is 5.38. The zero-order valence-corrected chi connectivity index (χ0v) is 9.13. The fraction of sp³-hybridized carbons (Fsp3) is 0.727. The van der Waals surface area contributed by atoms with Crippen LogP contribution in [-0.2, 0) is 6.42 Å². The van der Waals surface area contributed by atoms with Crippen LogP contribution in [0.4, 0.5) is 0 Å². The van der Waals surface area contributed by atoms with Crippen LogP contribution in [0.3, 0.4) is 0 Å². The number of rotatable bonds is 2. The number of imidazole rings is 1. The number of ether oxygens (including phenoxy) is 1. The molecule has 78 valence electrons. The van der Waals surface area contributed by atoms with Crippen molar-refractivity contribution in [1.29, 1.82) is 0 Å². The van der Waals surface area contributed by atoms with Gasteiger partial charge in [-0.3, -0.25) is 0 Å². The number of H-pyrrole nitrogens is 1. The van der Waals surface area contributed by atoms with Crippen LogP contribution in [0.5, 0.6) is 6.01 Å². The van der Waals surface area contributed by atoms with Crippen LogP contribution in [0.15, 0.2) is 0 Å². The molecule has 0 saturated carbocycles. The van der Waals surface area contributed by atoms with E-state index in [1.807, 2.05) is 6.92 Å². The Morgan fingerprint density at radius 3 is 3.00 bits per heavy atom. The summed E-state index contributed by atoms with van der Waals surface area (Å²) in [5.41, 5.74) is 2.49. The van der Waals surface area contributed by atoms with Crippen LogP contribution in [0, 0.1) is 5.92 Å². The molecule has 3 heteroatoms. The predicted molar refractivity (Wildman–Crippen MR) is 55.7 cm³/mol. The number of fused-ring (bicyclic) bond motifs is 1. The molecular weight excluding hydrogens is 176 g/mol. The van der Waals surface area contributed by atoms with Crippen molar-refractivity contribution >= 4 is 0 Å². The summed E-state index contributed by atoms with van der Waals surface area (Å²) < 4.78 is 5.38. The molecule has 2 unspecified atom stereocenters. The van der Waals surface area contributed by atoms with Gasteiger partial charge in [0.25, 0.3) is 6.01 Å². The van der Waals surface area contributed by atoms with Gasteiger partial charge in [0.15, 0.2) is 0 Å². The Labute approximate surface area is 84.9 Å². The van der Waals surface area contributed by atoms with Gasteiger partial charge >= 0.3 is 0 Å². The third-order valence-electron chi connectivity index (χ3n) is 2.85. The van der Waals surface area contributed by atoms with E-state index in [0.717, 1.165) is 12.3 Å². The summed E-state index contributed by atoms with van der Waals surface area (Å²) in [6, 6.07) is 0.693. The molecule has 0 saturated heterocycles. The van der Waals surface area contributed by atoms with E-state index >= 15 is 0 Å². The normalized spacial score (nSPS) is 25.9. The van der Waals surface area contributed by atoms with Crippen molar-refractivity contribution < 1.29 is 4.74 Å². The summed E-state index contributed by atoms with van der Waals surface area (Å²) in [6.07, 6.45) is 2.35. The highest BCUT2D eigenvalue weighted by Crippen LogP contribution is 2.33. The number of aromatic nitrogens is 2. The van der Waals surface area contributed by atoms with Crippen LogP contribution in [0.25, 0.3) is 0 Å². The highest BCUT2D eigenvalue weighted by atomic mass is 16.5. The first-order valence-corrected chi connectivity index (χ1v) is 5.42. The van der Waals surface area contributed by atoms with Crippen molar-refractivity contribution in [3.05, 3.63) is 11.4 Å². The van der Waals surface area contributed by atoms with Crippen LogP contribution in [0.2, 0.25) is 0 Å². The van der Waals surface area contributed by atoms with Gasteiger partial charge < -0.3 is 9.72 Å². The number of hydrogen-bond donors (Lipinski definition) is 1. The van der Waals surface area contributed by atoms with E-state index in [1.165, 1.54) is 17.8 Å². The second-order valence-electron chi connectivity index (χ2n) is 4.28. The SMILES string of the molecule is CCOc1nc2c([nH]1)CC(C)CC2C. The smallest absolute Gasteiger partial charge is 0.294 e. The summed E-state index contributed by atoms with van der Waals surface area (Å²) in [4.78, 5) is 7.74. The van der Waals surface area contributed by atoms with Gasteiger partial charge in [0.2, 0.25) is 0 Å². The van der Waals surface area contributed by atoms with E-state index < -0.39 is 0 Å². The minimum Gasteiger partial charge on any atom is -0.465 e. The number of nitrogens with zero attached hydrogens (tertiary/aromatic N) is 1. The van der Waals surface area contributed by atoms with Gasteiger partial charge in [0.1, 0.15) is 0 Å². The minimum absolute atomic E-state index is 0.569. The average molecular weight is 194 g/mol. The van der Waals surface area contributed by atoms with Crippen LogP contribution < -0.4 is 4.74 Å². The number of hydrogen-bond acceptors (Lipinski definition) is 2. The summed E-state index contributed by atoms with van der Waals surface area (Å²) in [7, 11) is 0. The van der Waals surface area contributed by atoms with Gasteiger partial charge in [0, 0.05) is 11.6 Å². The van der Waals surface area contributed by atoms with E-state index in [4.69, 9.17) is 4.74 Å². The lowest BCUT2D eigenvalue weighted by molar-refractivity contribution is 0.315. The first-order valence-electron chi connectivity index (χ1n) is 5.42. The molecule has 1 aliphatic rings. The van der Waals surface area contributed by atoms with Crippen LogP contribution in [0.1, 0.15) is 44.5 Å². The lowest BCUT2D eigenvalue weighted by Crippen LogP contribution is -2.14. The summed E-state index contributed by atoms with van der Waals surface area (Å²) in [6.45, 7) is 7.19. The van der Waals surface area contributed by atoms with Gasteiger partial charge in [0.05, 0.1) is 12.3 Å². The van der Waals surface area contributed by atoms with Gasteiger partial charge in [-0.1, -0.05) is 13.8 Å². The second kappa shape index (κ2) is 3.64.